The van der Waals surface area contributed by atoms with Gasteiger partial charge in [-0.25, -0.2) is 9.97 Å². The average Bonchev–Trinajstić information content (AvgIpc) is 2.38. The molecule has 18 heavy (non-hydrogen) atoms. The lowest BCUT2D eigenvalue weighted by Gasteiger charge is -2.07. The van der Waals surface area contributed by atoms with Crippen molar-refractivity contribution in [3.05, 3.63) is 35.4 Å². The Labute approximate surface area is 110 Å². The van der Waals surface area contributed by atoms with Crippen LogP contribution < -0.4 is 5.73 Å². The quantitative estimate of drug-likeness (QED) is 0.660. The number of benzene rings is 1. The molecule has 2 aromatic rings. The number of aromatic nitrogens is 2. The third-order valence-corrected chi connectivity index (χ3v) is 3.08. The Bertz CT molecular complexity index is 614. The minimum Gasteiger partial charge on any atom is -0.382 e. The van der Waals surface area contributed by atoms with Gasteiger partial charge in [-0.3, -0.25) is 0 Å². The van der Waals surface area contributed by atoms with Crippen LogP contribution in [-0.4, -0.2) is 16.2 Å². The standard InChI is InChI=1S/C13H12N4S/c1-8-3-5-9(6-4-8)11-10(7-14)12(15)17-13(16-11)18-2/h3-6H,1-2H3,(H2,15,16,17). The van der Waals surface area contributed by atoms with Crippen molar-refractivity contribution in [1.29, 1.82) is 5.26 Å². The van der Waals surface area contributed by atoms with E-state index in [0.29, 0.717) is 16.4 Å². The summed E-state index contributed by atoms with van der Waals surface area (Å²) in [6, 6.07) is 9.89. The Morgan fingerprint density at radius 1 is 1.22 bits per heavy atom. The van der Waals surface area contributed by atoms with Gasteiger partial charge in [0.15, 0.2) is 5.16 Å². The molecular formula is C13H12N4S. The van der Waals surface area contributed by atoms with E-state index in [4.69, 9.17) is 11.0 Å². The summed E-state index contributed by atoms with van der Waals surface area (Å²) in [5, 5.41) is 9.73. The molecule has 0 fully saturated rings. The van der Waals surface area contributed by atoms with Crippen molar-refractivity contribution in [2.24, 2.45) is 0 Å². The average molecular weight is 256 g/mol. The number of anilines is 1. The number of rotatable bonds is 2. The first kappa shape index (κ1) is 12.4. The second kappa shape index (κ2) is 5.07. The summed E-state index contributed by atoms with van der Waals surface area (Å²) >= 11 is 1.40. The van der Waals surface area contributed by atoms with Gasteiger partial charge < -0.3 is 5.73 Å². The van der Waals surface area contributed by atoms with Crippen LogP contribution in [0.2, 0.25) is 0 Å². The molecule has 0 bridgehead atoms. The number of nitrogens with two attached hydrogens (primary N) is 1. The summed E-state index contributed by atoms with van der Waals surface area (Å²) in [5.41, 5.74) is 8.74. The predicted molar refractivity (Wildman–Crippen MR) is 73.1 cm³/mol. The normalized spacial score (nSPS) is 10.1. The Kier molecular flexibility index (Phi) is 3.49. The smallest absolute Gasteiger partial charge is 0.189 e. The second-order valence-electron chi connectivity index (χ2n) is 3.80. The maximum absolute atomic E-state index is 9.16. The van der Waals surface area contributed by atoms with E-state index in [2.05, 4.69) is 16.0 Å². The second-order valence-corrected chi connectivity index (χ2v) is 4.57. The number of hydrogen-bond donors (Lipinski definition) is 1. The summed E-state index contributed by atoms with van der Waals surface area (Å²) in [6.45, 7) is 2.01. The molecule has 1 aromatic heterocycles. The predicted octanol–water partition coefficient (Wildman–Crippen LogP) is 2.63. The van der Waals surface area contributed by atoms with Crippen molar-refractivity contribution in [1.82, 2.24) is 9.97 Å². The SMILES string of the molecule is CSc1nc(N)c(C#N)c(-c2ccc(C)cc2)n1. The van der Waals surface area contributed by atoms with E-state index in [9.17, 15) is 0 Å². The van der Waals surface area contributed by atoms with E-state index in [1.165, 1.54) is 11.8 Å². The Hall–Kier alpha value is -2.06. The van der Waals surface area contributed by atoms with Crippen LogP contribution in [0.1, 0.15) is 11.1 Å². The van der Waals surface area contributed by atoms with Crippen LogP contribution in [0.15, 0.2) is 29.4 Å². The Balaban J connectivity index is 2.65. The van der Waals surface area contributed by atoms with Gasteiger partial charge in [0.25, 0.3) is 0 Å². The molecule has 1 aromatic carbocycles. The van der Waals surface area contributed by atoms with E-state index in [1.807, 2.05) is 37.4 Å². The van der Waals surface area contributed by atoms with Crippen LogP contribution >= 0.6 is 11.8 Å². The monoisotopic (exact) mass is 256 g/mol. The van der Waals surface area contributed by atoms with Crippen molar-refractivity contribution in [2.75, 3.05) is 12.0 Å². The van der Waals surface area contributed by atoms with Gasteiger partial charge in [-0.15, -0.1) is 0 Å². The molecule has 0 aliphatic carbocycles. The van der Waals surface area contributed by atoms with Crippen molar-refractivity contribution in [3.63, 3.8) is 0 Å². The van der Waals surface area contributed by atoms with Crippen LogP contribution in [0.25, 0.3) is 11.3 Å². The van der Waals surface area contributed by atoms with E-state index >= 15 is 0 Å². The summed E-state index contributed by atoms with van der Waals surface area (Å²) in [4.78, 5) is 8.45. The van der Waals surface area contributed by atoms with Crippen LogP contribution in [0, 0.1) is 18.3 Å². The zero-order valence-corrected chi connectivity index (χ0v) is 11.0. The van der Waals surface area contributed by atoms with Crippen molar-refractivity contribution >= 4 is 17.6 Å². The molecule has 2 N–H and O–H groups in total. The lowest BCUT2D eigenvalue weighted by atomic mass is 10.1. The lowest BCUT2D eigenvalue weighted by molar-refractivity contribution is 0.979. The molecule has 0 saturated carbocycles. The van der Waals surface area contributed by atoms with Crippen LogP contribution in [0.4, 0.5) is 5.82 Å². The molecule has 0 saturated heterocycles. The number of nitrogen functional groups attached to an aromatic ring is 1. The van der Waals surface area contributed by atoms with Gasteiger partial charge in [-0.1, -0.05) is 41.6 Å². The third kappa shape index (κ3) is 2.29. The maximum atomic E-state index is 9.16. The Morgan fingerprint density at radius 2 is 1.89 bits per heavy atom. The zero-order chi connectivity index (χ0) is 13.1. The first-order valence-electron chi connectivity index (χ1n) is 5.34. The van der Waals surface area contributed by atoms with Gasteiger partial charge in [-0.05, 0) is 13.2 Å². The van der Waals surface area contributed by atoms with Gasteiger partial charge in [0.1, 0.15) is 17.5 Å². The molecule has 0 amide bonds. The van der Waals surface area contributed by atoms with E-state index in [-0.39, 0.29) is 5.82 Å². The largest absolute Gasteiger partial charge is 0.382 e. The van der Waals surface area contributed by atoms with Gasteiger partial charge >= 0.3 is 0 Å². The van der Waals surface area contributed by atoms with E-state index in [0.717, 1.165) is 11.1 Å². The van der Waals surface area contributed by atoms with Crippen LogP contribution in [-0.2, 0) is 0 Å². The van der Waals surface area contributed by atoms with Gasteiger partial charge in [0.05, 0.1) is 5.69 Å². The van der Waals surface area contributed by atoms with E-state index < -0.39 is 0 Å². The molecule has 0 radical (unpaired) electrons. The molecule has 1 heterocycles. The summed E-state index contributed by atoms with van der Waals surface area (Å²) in [6.07, 6.45) is 1.87. The number of hydrogen-bond acceptors (Lipinski definition) is 5. The van der Waals surface area contributed by atoms with Crippen molar-refractivity contribution in [2.45, 2.75) is 12.1 Å². The summed E-state index contributed by atoms with van der Waals surface area (Å²) in [7, 11) is 0. The fourth-order valence-corrected chi connectivity index (χ4v) is 1.95. The number of aryl methyl sites for hydroxylation is 1. The van der Waals surface area contributed by atoms with Gasteiger partial charge in [0.2, 0.25) is 0 Å². The first-order chi connectivity index (χ1) is 8.65. The molecule has 0 spiro atoms. The molecule has 2 rings (SSSR count). The minimum atomic E-state index is 0.229. The summed E-state index contributed by atoms with van der Waals surface area (Å²) < 4.78 is 0. The maximum Gasteiger partial charge on any atom is 0.189 e. The fourth-order valence-electron chi connectivity index (χ4n) is 1.58. The van der Waals surface area contributed by atoms with E-state index in [1.54, 1.807) is 0 Å². The van der Waals surface area contributed by atoms with Crippen molar-refractivity contribution < 1.29 is 0 Å². The number of thioether (sulfide) groups is 1. The molecular weight excluding hydrogens is 244 g/mol. The first-order valence-corrected chi connectivity index (χ1v) is 6.57. The van der Waals surface area contributed by atoms with Gasteiger partial charge in [0, 0.05) is 5.56 Å². The number of nitriles is 1. The molecule has 0 aliphatic rings. The van der Waals surface area contributed by atoms with Crippen molar-refractivity contribution in [3.8, 4) is 17.3 Å². The topological polar surface area (TPSA) is 75.6 Å². The lowest BCUT2D eigenvalue weighted by Crippen LogP contribution is -2.02. The molecule has 4 nitrogen and oxygen atoms in total. The fraction of sp³-hybridized carbons (Fsp3) is 0.154. The summed E-state index contributed by atoms with van der Waals surface area (Å²) in [5.74, 6) is 0.229. The highest BCUT2D eigenvalue weighted by molar-refractivity contribution is 7.98. The third-order valence-electron chi connectivity index (χ3n) is 2.54. The minimum absolute atomic E-state index is 0.229. The molecule has 90 valence electrons. The highest BCUT2D eigenvalue weighted by Gasteiger charge is 2.13. The molecule has 0 atom stereocenters. The molecule has 5 heteroatoms. The highest BCUT2D eigenvalue weighted by Crippen LogP contribution is 2.26. The molecule has 0 unspecified atom stereocenters. The highest BCUT2D eigenvalue weighted by atomic mass is 32.2. The molecule has 0 aliphatic heterocycles. The Morgan fingerprint density at radius 3 is 2.44 bits per heavy atom. The number of nitrogens with zero attached hydrogens (tertiary/aromatic N) is 3. The van der Waals surface area contributed by atoms with Crippen LogP contribution in [0.5, 0.6) is 0 Å². The van der Waals surface area contributed by atoms with Crippen LogP contribution in [0.3, 0.4) is 0 Å². The zero-order valence-electron chi connectivity index (χ0n) is 10.1. The van der Waals surface area contributed by atoms with Gasteiger partial charge in [-0.2, -0.15) is 5.26 Å².